The second-order valence-corrected chi connectivity index (χ2v) is 7.12. The molecule has 0 radical (unpaired) electrons. The molecule has 2 aliphatic carbocycles. The number of aromatic nitrogens is 2. The lowest BCUT2D eigenvalue weighted by Crippen LogP contribution is -2.50. The highest BCUT2D eigenvalue weighted by molar-refractivity contribution is 6.02. The molecular formula is C19H18N4O2. The van der Waals surface area contributed by atoms with Gasteiger partial charge in [0.25, 0.3) is 5.91 Å². The highest BCUT2D eigenvalue weighted by atomic mass is 16.2. The summed E-state index contributed by atoms with van der Waals surface area (Å²) in [6, 6.07) is 7.93. The van der Waals surface area contributed by atoms with Gasteiger partial charge in [-0.2, -0.15) is 0 Å². The zero-order valence-electron chi connectivity index (χ0n) is 13.7. The molecule has 3 heterocycles. The zero-order valence-corrected chi connectivity index (χ0v) is 13.7. The number of hydrogen-bond acceptors (Lipinski definition) is 4. The summed E-state index contributed by atoms with van der Waals surface area (Å²) in [7, 11) is 0. The lowest BCUT2D eigenvalue weighted by molar-refractivity contribution is -0.127. The molecule has 0 spiro atoms. The Labute approximate surface area is 145 Å². The van der Waals surface area contributed by atoms with Crippen LogP contribution in [0.5, 0.6) is 0 Å². The van der Waals surface area contributed by atoms with Crippen LogP contribution in [-0.4, -0.2) is 38.3 Å². The van der Waals surface area contributed by atoms with Gasteiger partial charge >= 0.3 is 0 Å². The number of hydrogen-bond donors (Lipinski definition) is 1. The number of pyridine rings is 2. The van der Waals surface area contributed by atoms with Crippen LogP contribution in [0.25, 0.3) is 11.3 Å². The van der Waals surface area contributed by atoms with Gasteiger partial charge in [-0.05, 0) is 43.9 Å². The number of rotatable bonds is 4. The van der Waals surface area contributed by atoms with Crippen LogP contribution in [0.2, 0.25) is 0 Å². The summed E-state index contributed by atoms with van der Waals surface area (Å²) in [6.07, 6.45) is 7.01. The zero-order chi connectivity index (χ0) is 17.0. The number of carbonyl (C=O) groups excluding carboxylic acids is 2. The first-order valence-electron chi connectivity index (χ1n) is 8.71. The minimum absolute atomic E-state index is 0.00337. The second kappa shape index (κ2) is 5.12. The first-order chi connectivity index (χ1) is 12.2. The van der Waals surface area contributed by atoms with Crippen LogP contribution in [0.15, 0.2) is 36.7 Å². The topological polar surface area (TPSA) is 75.2 Å². The summed E-state index contributed by atoms with van der Waals surface area (Å²) in [5.41, 5.74) is 2.31. The molecular weight excluding hydrogens is 316 g/mol. The van der Waals surface area contributed by atoms with Crippen molar-refractivity contribution < 1.29 is 9.59 Å². The van der Waals surface area contributed by atoms with E-state index in [4.69, 9.17) is 0 Å². The van der Waals surface area contributed by atoms with Crippen molar-refractivity contribution in [3.63, 3.8) is 0 Å². The monoisotopic (exact) mass is 334 g/mol. The van der Waals surface area contributed by atoms with E-state index in [9.17, 15) is 9.59 Å². The van der Waals surface area contributed by atoms with Gasteiger partial charge in [-0.1, -0.05) is 6.07 Å². The summed E-state index contributed by atoms with van der Waals surface area (Å²) in [5, 5.41) is 3.06. The van der Waals surface area contributed by atoms with E-state index in [1.54, 1.807) is 17.3 Å². The first-order valence-corrected chi connectivity index (χ1v) is 8.71. The number of fused-ring (bicyclic) bond motifs is 1. The normalized spacial score (nSPS) is 20.3. The average Bonchev–Trinajstić information content (AvgIpc) is 3.56. The predicted octanol–water partition coefficient (Wildman–Crippen LogP) is 1.91. The molecule has 126 valence electrons. The molecule has 1 N–H and O–H groups in total. The molecule has 25 heavy (non-hydrogen) atoms. The average molecular weight is 334 g/mol. The number of nitrogens with zero attached hydrogens (tertiary/aromatic N) is 3. The van der Waals surface area contributed by atoms with Crippen molar-refractivity contribution >= 4 is 11.8 Å². The van der Waals surface area contributed by atoms with Gasteiger partial charge in [-0.3, -0.25) is 14.6 Å². The van der Waals surface area contributed by atoms with Gasteiger partial charge in [-0.25, -0.2) is 4.98 Å². The molecule has 2 amide bonds. The highest BCUT2D eigenvalue weighted by Crippen LogP contribution is 2.46. The standard InChI is InChI=1S/C19H18N4O2/c24-17-16-13(3-6-15(22-16)12-2-1-9-20-10-12)11-23(17)19(7-8-19)18(25)21-14-4-5-14/h1-3,6,9-10,14H,4-5,7-8,11H2,(H,21,25). The Morgan fingerprint density at radius 2 is 2.08 bits per heavy atom. The quantitative estimate of drug-likeness (QED) is 0.927. The maximum Gasteiger partial charge on any atom is 0.274 e. The van der Waals surface area contributed by atoms with Gasteiger partial charge in [0.15, 0.2) is 0 Å². The maximum atomic E-state index is 12.9. The summed E-state index contributed by atoms with van der Waals surface area (Å²) < 4.78 is 0. The van der Waals surface area contributed by atoms with Crippen molar-refractivity contribution in [1.82, 2.24) is 20.2 Å². The van der Waals surface area contributed by atoms with E-state index >= 15 is 0 Å². The first kappa shape index (κ1) is 14.6. The summed E-state index contributed by atoms with van der Waals surface area (Å²) >= 11 is 0. The van der Waals surface area contributed by atoms with Crippen molar-refractivity contribution in [2.75, 3.05) is 0 Å². The van der Waals surface area contributed by atoms with E-state index in [-0.39, 0.29) is 11.8 Å². The number of carbonyl (C=O) groups is 2. The largest absolute Gasteiger partial charge is 0.351 e. The third kappa shape index (κ3) is 2.32. The third-order valence-corrected chi connectivity index (χ3v) is 5.29. The molecule has 5 rings (SSSR count). The van der Waals surface area contributed by atoms with Crippen LogP contribution in [0.4, 0.5) is 0 Å². The molecule has 2 aromatic heterocycles. The Bertz CT molecular complexity index is 872. The SMILES string of the molecule is O=C1c2nc(-c3cccnc3)ccc2CN1C1(C(=O)NC2CC2)CC1. The number of amides is 2. The fourth-order valence-corrected chi connectivity index (χ4v) is 3.48. The Morgan fingerprint density at radius 1 is 1.24 bits per heavy atom. The molecule has 0 bridgehead atoms. The summed E-state index contributed by atoms with van der Waals surface area (Å²) in [4.78, 5) is 35.9. The molecule has 0 saturated heterocycles. The van der Waals surface area contributed by atoms with Crippen LogP contribution >= 0.6 is 0 Å². The van der Waals surface area contributed by atoms with Gasteiger partial charge in [0, 0.05) is 36.1 Å². The smallest absolute Gasteiger partial charge is 0.274 e. The van der Waals surface area contributed by atoms with Crippen LogP contribution < -0.4 is 5.32 Å². The lowest BCUT2D eigenvalue weighted by atomic mass is 10.1. The molecule has 0 aromatic carbocycles. The molecule has 6 heteroatoms. The Balaban J connectivity index is 1.44. The Kier molecular flexibility index (Phi) is 2.98. The van der Waals surface area contributed by atoms with E-state index in [1.807, 2.05) is 24.3 Å². The van der Waals surface area contributed by atoms with Crippen molar-refractivity contribution in [2.45, 2.75) is 43.8 Å². The lowest BCUT2D eigenvalue weighted by Gasteiger charge is -2.26. The molecule has 2 saturated carbocycles. The van der Waals surface area contributed by atoms with E-state index in [0.29, 0.717) is 18.3 Å². The second-order valence-electron chi connectivity index (χ2n) is 7.12. The van der Waals surface area contributed by atoms with Gasteiger partial charge < -0.3 is 10.2 Å². The van der Waals surface area contributed by atoms with Gasteiger partial charge in [0.1, 0.15) is 11.2 Å². The van der Waals surface area contributed by atoms with E-state index in [0.717, 1.165) is 42.5 Å². The van der Waals surface area contributed by atoms with Crippen molar-refractivity contribution in [3.8, 4) is 11.3 Å². The van der Waals surface area contributed by atoms with Crippen LogP contribution in [0.3, 0.4) is 0 Å². The molecule has 0 atom stereocenters. The van der Waals surface area contributed by atoms with Crippen LogP contribution in [0, 0.1) is 0 Å². The molecule has 0 unspecified atom stereocenters. The fraction of sp³-hybridized carbons (Fsp3) is 0.368. The molecule has 2 aromatic rings. The van der Waals surface area contributed by atoms with E-state index in [1.165, 1.54) is 0 Å². The Morgan fingerprint density at radius 3 is 2.76 bits per heavy atom. The van der Waals surface area contributed by atoms with Crippen LogP contribution in [0.1, 0.15) is 41.7 Å². The third-order valence-electron chi connectivity index (χ3n) is 5.29. The predicted molar refractivity (Wildman–Crippen MR) is 90.5 cm³/mol. The van der Waals surface area contributed by atoms with Gasteiger partial charge in [-0.15, -0.1) is 0 Å². The van der Waals surface area contributed by atoms with Gasteiger partial charge in [0.05, 0.1) is 5.69 Å². The van der Waals surface area contributed by atoms with Gasteiger partial charge in [0.2, 0.25) is 5.91 Å². The minimum Gasteiger partial charge on any atom is -0.351 e. The summed E-state index contributed by atoms with van der Waals surface area (Å²) in [5.74, 6) is -0.132. The van der Waals surface area contributed by atoms with Crippen LogP contribution in [-0.2, 0) is 11.3 Å². The minimum atomic E-state index is -0.658. The number of nitrogens with one attached hydrogen (secondary N) is 1. The molecule has 6 nitrogen and oxygen atoms in total. The van der Waals surface area contributed by atoms with Crippen molar-refractivity contribution in [3.05, 3.63) is 47.9 Å². The highest BCUT2D eigenvalue weighted by Gasteiger charge is 2.59. The van der Waals surface area contributed by atoms with Crippen molar-refractivity contribution in [1.29, 1.82) is 0 Å². The fourth-order valence-electron chi connectivity index (χ4n) is 3.48. The molecule has 2 fully saturated rings. The van der Waals surface area contributed by atoms with E-state index in [2.05, 4.69) is 15.3 Å². The maximum absolute atomic E-state index is 12.9. The van der Waals surface area contributed by atoms with Crippen molar-refractivity contribution in [2.24, 2.45) is 0 Å². The summed E-state index contributed by atoms with van der Waals surface area (Å²) in [6.45, 7) is 0.465. The van der Waals surface area contributed by atoms with E-state index < -0.39 is 5.54 Å². The molecule has 1 aliphatic heterocycles. The molecule has 3 aliphatic rings. The Hall–Kier alpha value is -2.76.